The molecular weight excluding hydrogens is 358 g/mol. The van der Waals surface area contributed by atoms with E-state index in [0.717, 1.165) is 17.7 Å². The first-order valence-electron chi connectivity index (χ1n) is 9.03. The van der Waals surface area contributed by atoms with E-state index in [-0.39, 0.29) is 16.7 Å². The molecule has 5 nitrogen and oxygen atoms in total. The first kappa shape index (κ1) is 19.2. The van der Waals surface area contributed by atoms with Crippen LogP contribution in [0.1, 0.15) is 25.8 Å². The Morgan fingerprint density at radius 1 is 1.19 bits per heavy atom. The van der Waals surface area contributed by atoms with Crippen molar-refractivity contribution in [1.82, 2.24) is 9.55 Å². The van der Waals surface area contributed by atoms with Gasteiger partial charge >= 0.3 is 0 Å². The first-order chi connectivity index (χ1) is 13.0. The molecule has 1 aromatic heterocycles. The van der Waals surface area contributed by atoms with Crippen molar-refractivity contribution >= 4 is 34.3 Å². The molecule has 2 aromatic carbocycles. The molecule has 1 amide bonds. The SMILES string of the molecule is CCCn1c(S[C@H](C)C(=O)Nc2ccc(C)cc2)nc2ccccc2c1=O. The van der Waals surface area contributed by atoms with Crippen LogP contribution < -0.4 is 10.9 Å². The maximum atomic E-state index is 12.8. The van der Waals surface area contributed by atoms with Crippen LogP contribution in [0, 0.1) is 6.92 Å². The normalized spacial score (nSPS) is 12.1. The van der Waals surface area contributed by atoms with E-state index < -0.39 is 0 Å². The number of anilines is 1. The lowest BCUT2D eigenvalue weighted by Crippen LogP contribution is -2.27. The molecule has 0 saturated carbocycles. The lowest BCUT2D eigenvalue weighted by molar-refractivity contribution is -0.115. The fraction of sp³-hybridized carbons (Fsp3) is 0.286. The van der Waals surface area contributed by atoms with Gasteiger partial charge in [-0.2, -0.15) is 0 Å². The molecule has 0 aliphatic heterocycles. The minimum atomic E-state index is -0.387. The maximum absolute atomic E-state index is 12.8. The number of para-hydroxylation sites is 1. The predicted molar refractivity (Wildman–Crippen MR) is 111 cm³/mol. The Hall–Kier alpha value is -2.60. The van der Waals surface area contributed by atoms with Gasteiger partial charge in [-0.1, -0.05) is 48.5 Å². The van der Waals surface area contributed by atoms with Crippen molar-refractivity contribution in [3.63, 3.8) is 0 Å². The fourth-order valence-corrected chi connectivity index (χ4v) is 3.69. The van der Waals surface area contributed by atoms with Crippen molar-refractivity contribution in [3.8, 4) is 0 Å². The molecule has 3 rings (SSSR count). The number of carbonyl (C=O) groups excluding carboxylic acids is 1. The van der Waals surface area contributed by atoms with Gasteiger partial charge in [0.1, 0.15) is 0 Å². The molecule has 3 aromatic rings. The average Bonchev–Trinajstić information content (AvgIpc) is 2.66. The quantitative estimate of drug-likeness (QED) is 0.512. The van der Waals surface area contributed by atoms with E-state index in [1.54, 1.807) is 10.6 Å². The molecule has 1 heterocycles. The van der Waals surface area contributed by atoms with E-state index in [2.05, 4.69) is 10.3 Å². The van der Waals surface area contributed by atoms with Gasteiger partial charge in [-0.3, -0.25) is 14.2 Å². The lowest BCUT2D eigenvalue weighted by Gasteiger charge is -2.16. The molecule has 0 unspecified atom stereocenters. The number of rotatable bonds is 6. The highest BCUT2D eigenvalue weighted by molar-refractivity contribution is 8.00. The number of benzene rings is 2. The number of fused-ring (bicyclic) bond motifs is 1. The monoisotopic (exact) mass is 381 g/mol. The molecule has 27 heavy (non-hydrogen) atoms. The van der Waals surface area contributed by atoms with Crippen LogP contribution in [0.4, 0.5) is 5.69 Å². The van der Waals surface area contributed by atoms with Crippen molar-refractivity contribution in [2.75, 3.05) is 5.32 Å². The number of nitrogens with zero attached hydrogens (tertiary/aromatic N) is 2. The Kier molecular flexibility index (Phi) is 5.96. The third-order valence-corrected chi connectivity index (χ3v) is 5.33. The Morgan fingerprint density at radius 3 is 2.59 bits per heavy atom. The molecule has 0 aliphatic carbocycles. The first-order valence-corrected chi connectivity index (χ1v) is 9.91. The number of hydrogen-bond acceptors (Lipinski definition) is 4. The number of nitrogens with one attached hydrogen (secondary N) is 1. The van der Waals surface area contributed by atoms with Crippen molar-refractivity contribution < 1.29 is 4.79 Å². The zero-order valence-corrected chi connectivity index (χ0v) is 16.5. The third kappa shape index (κ3) is 4.39. The Balaban J connectivity index is 1.85. The number of carbonyl (C=O) groups is 1. The predicted octanol–water partition coefficient (Wildman–Crippen LogP) is 4.23. The van der Waals surface area contributed by atoms with Crippen LogP contribution in [0.2, 0.25) is 0 Å². The maximum Gasteiger partial charge on any atom is 0.262 e. The van der Waals surface area contributed by atoms with Crippen LogP contribution in [0.5, 0.6) is 0 Å². The Labute approximate surface area is 162 Å². The van der Waals surface area contributed by atoms with Crippen molar-refractivity contribution in [2.45, 2.75) is 44.1 Å². The number of thioether (sulfide) groups is 1. The topological polar surface area (TPSA) is 64.0 Å². The van der Waals surface area contributed by atoms with Crippen LogP contribution in [-0.4, -0.2) is 20.7 Å². The number of amides is 1. The Morgan fingerprint density at radius 2 is 1.89 bits per heavy atom. The number of aryl methyl sites for hydroxylation is 1. The summed E-state index contributed by atoms with van der Waals surface area (Å²) in [5.41, 5.74) is 2.49. The van der Waals surface area contributed by atoms with E-state index in [0.29, 0.717) is 22.6 Å². The van der Waals surface area contributed by atoms with E-state index in [1.165, 1.54) is 11.8 Å². The summed E-state index contributed by atoms with van der Waals surface area (Å²) in [5, 5.41) is 3.71. The van der Waals surface area contributed by atoms with Crippen LogP contribution in [0.15, 0.2) is 58.5 Å². The van der Waals surface area contributed by atoms with Crippen LogP contribution in [0.3, 0.4) is 0 Å². The second kappa shape index (κ2) is 8.39. The minimum Gasteiger partial charge on any atom is -0.325 e. The summed E-state index contributed by atoms with van der Waals surface area (Å²) >= 11 is 1.31. The molecule has 0 saturated heterocycles. The van der Waals surface area contributed by atoms with Gasteiger partial charge in [0.05, 0.1) is 16.2 Å². The van der Waals surface area contributed by atoms with Crippen LogP contribution in [0.25, 0.3) is 10.9 Å². The van der Waals surface area contributed by atoms with Crippen molar-refractivity contribution in [2.24, 2.45) is 0 Å². The van der Waals surface area contributed by atoms with Crippen molar-refractivity contribution in [1.29, 1.82) is 0 Å². The van der Waals surface area contributed by atoms with Gasteiger partial charge in [0.2, 0.25) is 5.91 Å². The second-order valence-electron chi connectivity index (χ2n) is 6.48. The second-order valence-corrected chi connectivity index (χ2v) is 7.79. The van der Waals surface area contributed by atoms with E-state index in [4.69, 9.17) is 0 Å². The highest BCUT2D eigenvalue weighted by Crippen LogP contribution is 2.24. The molecule has 0 radical (unpaired) electrons. The van der Waals surface area contributed by atoms with E-state index in [9.17, 15) is 9.59 Å². The molecule has 0 aliphatic rings. The molecule has 0 fully saturated rings. The third-order valence-electron chi connectivity index (χ3n) is 4.24. The molecule has 6 heteroatoms. The molecular formula is C21H23N3O2S. The summed E-state index contributed by atoms with van der Waals surface area (Å²) in [5.74, 6) is -0.116. The van der Waals surface area contributed by atoms with Crippen LogP contribution >= 0.6 is 11.8 Å². The summed E-state index contributed by atoms with van der Waals surface area (Å²) in [6.45, 7) is 6.42. The number of aromatic nitrogens is 2. The van der Waals surface area contributed by atoms with Gasteiger partial charge in [-0.25, -0.2) is 4.98 Å². The summed E-state index contributed by atoms with van der Waals surface area (Å²) in [4.78, 5) is 30.0. The highest BCUT2D eigenvalue weighted by atomic mass is 32.2. The number of hydrogen-bond donors (Lipinski definition) is 1. The van der Waals surface area contributed by atoms with Crippen molar-refractivity contribution in [3.05, 3.63) is 64.4 Å². The highest BCUT2D eigenvalue weighted by Gasteiger charge is 2.19. The summed E-state index contributed by atoms with van der Waals surface area (Å²) in [6.07, 6.45) is 0.817. The summed E-state index contributed by atoms with van der Waals surface area (Å²) in [6, 6.07) is 15.0. The van der Waals surface area contributed by atoms with Crippen LogP contribution in [-0.2, 0) is 11.3 Å². The lowest BCUT2D eigenvalue weighted by atomic mass is 10.2. The van der Waals surface area contributed by atoms with Gasteiger partial charge in [0.15, 0.2) is 5.16 Å². The van der Waals surface area contributed by atoms with E-state index in [1.807, 2.05) is 63.2 Å². The molecule has 1 N–H and O–H groups in total. The average molecular weight is 382 g/mol. The summed E-state index contributed by atoms with van der Waals surface area (Å²) in [7, 11) is 0. The molecule has 1 atom stereocenters. The fourth-order valence-electron chi connectivity index (χ4n) is 2.75. The summed E-state index contributed by atoms with van der Waals surface area (Å²) < 4.78 is 1.67. The molecule has 0 spiro atoms. The minimum absolute atomic E-state index is 0.0592. The van der Waals surface area contributed by atoms with Gasteiger partial charge in [0.25, 0.3) is 5.56 Å². The van der Waals surface area contributed by atoms with Gasteiger partial charge in [0, 0.05) is 12.2 Å². The van der Waals surface area contributed by atoms with E-state index >= 15 is 0 Å². The standard InChI is InChI=1S/C21H23N3O2S/c1-4-13-24-20(26)17-7-5-6-8-18(17)23-21(24)27-15(3)19(25)22-16-11-9-14(2)10-12-16/h5-12,15H,4,13H2,1-3H3,(H,22,25)/t15-/m1/s1. The largest absolute Gasteiger partial charge is 0.325 e. The van der Waals surface area contributed by atoms with Gasteiger partial charge < -0.3 is 5.32 Å². The smallest absolute Gasteiger partial charge is 0.262 e. The zero-order chi connectivity index (χ0) is 19.4. The van der Waals surface area contributed by atoms with Gasteiger partial charge in [-0.05, 0) is 44.5 Å². The molecule has 0 bridgehead atoms. The molecule has 140 valence electrons. The Bertz CT molecular complexity index is 1010. The zero-order valence-electron chi connectivity index (χ0n) is 15.7. The van der Waals surface area contributed by atoms with Gasteiger partial charge in [-0.15, -0.1) is 0 Å².